The number of carbonyl (C=O) groups is 1. The van der Waals surface area contributed by atoms with Gasteiger partial charge in [0.05, 0.1) is 11.3 Å². The van der Waals surface area contributed by atoms with Crippen molar-refractivity contribution in [2.24, 2.45) is 5.41 Å². The summed E-state index contributed by atoms with van der Waals surface area (Å²) in [4.78, 5) is 13.7. The fraction of sp³-hybridized carbons (Fsp3) is 0.611. The highest BCUT2D eigenvalue weighted by atomic mass is 16.4. The van der Waals surface area contributed by atoms with Crippen LogP contribution in [0.15, 0.2) is 18.2 Å². The van der Waals surface area contributed by atoms with Crippen molar-refractivity contribution in [1.29, 1.82) is 0 Å². The Morgan fingerprint density at radius 2 is 1.76 bits per heavy atom. The Labute approximate surface area is 127 Å². The summed E-state index contributed by atoms with van der Waals surface area (Å²) < 4.78 is 0. The van der Waals surface area contributed by atoms with Crippen LogP contribution >= 0.6 is 0 Å². The monoisotopic (exact) mass is 287 g/mol. The molecule has 1 spiro atoms. The second-order valence-electron chi connectivity index (χ2n) is 6.87. The van der Waals surface area contributed by atoms with Gasteiger partial charge in [-0.15, -0.1) is 0 Å². The van der Waals surface area contributed by atoms with E-state index in [-0.39, 0.29) is 0 Å². The van der Waals surface area contributed by atoms with E-state index in [1.807, 2.05) is 19.1 Å². The molecule has 3 nitrogen and oxygen atoms in total. The first kappa shape index (κ1) is 14.4. The van der Waals surface area contributed by atoms with Crippen molar-refractivity contribution in [3.8, 4) is 0 Å². The Bertz CT molecular complexity index is 522. The minimum Gasteiger partial charge on any atom is -0.478 e. The average Bonchev–Trinajstić information content (AvgIpc) is 2.48. The van der Waals surface area contributed by atoms with Crippen LogP contribution in [0.1, 0.15) is 60.9 Å². The van der Waals surface area contributed by atoms with E-state index in [1.54, 1.807) is 6.07 Å². The zero-order valence-electron chi connectivity index (χ0n) is 12.9. The highest BCUT2D eigenvalue weighted by Crippen LogP contribution is 2.45. The zero-order valence-corrected chi connectivity index (χ0v) is 12.9. The summed E-state index contributed by atoms with van der Waals surface area (Å²) in [6.45, 7) is 4.04. The van der Waals surface area contributed by atoms with Gasteiger partial charge in [-0.05, 0) is 55.7 Å². The lowest BCUT2D eigenvalue weighted by Crippen LogP contribution is -2.41. The Kier molecular flexibility index (Phi) is 3.92. The van der Waals surface area contributed by atoms with Crippen LogP contribution in [0.5, 0.6) is 0 Å². The molecule has 1 aromatic carbocycles. The zero-order chi connectivity index (χ0) is 14.9. The normalized spacial score (nSPS) is 21.5. The third kappa shape index (κ3) is 2.92. The minimum atomic E-state index is -0.817. The highest BCUT2D eigenvalue weighted by Gasteiger charge is 2.36. The molecule has 1 heterocycles. The molecule has 3 heteroatoms. The maximum absolute atomic E-state index is 11.4. The second kappa shape index (κ2) is 5.70. The molecule has 3 rings (SSSR count). The van der Waals surface area contributed by atoms with Crippen LogP contribution in [0.4, 0.5) is 5.69 Å². The second-order valence-corrected chi connectivity index (χ2v) is 6.87. The smallest absolute Gasteiger partial charge is 0.337 e. The SMILES string of the molecule is Cc1ccc(C(=O)O)c(N2CCC3(CCCCC3)CC2)c1. The van der Waals surface area contributed by atoms with Gasteiger partial charge in [0.1, 0.15) is 0 Å². The molecule has 21 heavy (non-hydrogen) atoms. The molecule has 0 aromatic heterocycles. The van der Waals surface area contributed by atoms with Gasteiger partial charge in [-0.1, -0.05) is 25.3 Å². The number of nitrogens with zero attached hydrogens (tertiary/aromatic N) is 1. The lowest BCUT2D eigenvalue weighted by atomic mass is 9.68. The number of hydrogen-bond acceptors (Lipinski definition) is 2. The van der Waals surface area contributed by atoms with Gasteiger partial charge in [0.2, 0.25) is 0 Å². The lowest BCUT2D eigenvalue weighted by molar-refractivity contribution is 0.0697. The first-order valence-electron chi connectivity index (χ1n) is 8.19. The number of aromatic carboxylic acids is 1. The van der Waals surface area contributed by atoms with Crippen LogP contribution in [-0.4, -0.2) is 24.2 Å². The summed E-state index contributed by atoms with van der Waals surface area (Å²) in [5.74, 6) is -0.817. The van der Waals surface area contributed by atoms with Gasteiger partial charge >= 0.3 is 5.97 Å². The number of rotatable bonds is 2. The fourth-order valence-electron chi connectivity index (χ4n) is 4.11. The number of anilines is 1. The Balaban J connectivity index is 1.77. The molecule has 1 aliphatic carbocycles. The van der Waals surface area contributed by atoms with Crippen LogP contribution < -0.4 is 4.90 Å². The summed E-state index contributed by atoms with van der Waals surface area (Å²) >= 11 is 0. The van der Waals surface area contributed by atoms with Gasteiger partial charge in [0, 0.05) is 13.1 Å². The number of piperidine rings is 1. The van der Waals surface area contributed by atoms with Gasteiger partial charge in [0.25, 0.3) is 0 Å². The topological polar surface area (TPSA) is 40.5 Å². The van der Waals surface area contributed by atoms with Gasteiger partial charge in [-0.2, -0.15) is 0 Å². The fourth-order valence-corrected chi connectivity index (χ4v) is 4.11. The number of aryl methyl sites for hydroxylation is 1. The van der Waals surface area contributed by atoms with E-state index >= 15 is 0 Å². The summed E-state index contributed by atoms with van der Waals surface area (Å²) in [7, 11) is 0. The molecule has 0 atom stereocenters. The molecule has 1 saturated heterocycles. The van der Waals surface area contributed by atoms with Crippen molar-refractivity contribution in [2.45, 2.75) is 51.9 Å². The third-order valence-corrected chi connectivity index (χ3v) is 5.46. The average molecular weight is 287 g/mol. The van der Waals surface area contributed by atoms with Crippen LogP contribution in [0.25, 0.3) is 0 Å². The van der Waals surface area contributed by atoms with E-state index < -0.39 is 5.97 Å². The molecule has 1 saturated carbocycles. The van der Waals surface area contributed by atoms with Crippen molar-refractivity contribution in [2.75, 3.05) is 18.0 Å². The standard InChI is InChI=1S/C18H25NO2/c1-14-5-6-15(17(20)21)16(13-14)19-11-9-18(10-12-19)7-3-2-4-8-18/h5-6,13H,2-4,7-12H2,1H3,(H,20,21). The van der Waals surface area contributed by atoms with E-state index in [2.05, 4.69) is 4.90 Å². The van der Waals surface area contributed by atoms with Crippen LogP contribution in [0.3, 0.4) is 0 Å². The number of carboxylic acid groups (broad SMARTS) is 1. The molecule has 1 aromatic rings. The summed E-state index contributed by atoms with van der Waals surface area (Å²) in [6, 6.07) is 5.67. The van der Waals surface area contributed by atoms with Crippen molar-refractivity contribution < 1.29 is 9.90 Å². The van der Waals surface area contributed by atoms with Crippen LogP contribution in [-0.2, 0) is 0 Å². The van der Waals surface area contributed by atoms with Crippen molar-refractivity contribution in [3.63, 3.8) is 0 Å². The van der Waals surface area contributed by atoms with Crippen molar-refractivity contribution >= 4 is 11.7 Å². The molecular formula is C18H25NO2. The van der Waals surface area contributed by atoms with Gasteiger partial charge < -0.3 is 10.0 Å². The molecule has 114 valence electrons. The molecule has 1 N–H and O–H groups in total. The molecule has 0 bridgehead atoms. The Hall–Kier alpha value is -1.51. The van der Waals surface area contributed by atoms with E-state index in [0.29, 0.717) is 11.0 Å². The summed E-state index contributed by atoms with van der Waals surface area (Å²) in [6.07, 6.45) is 9.35. The Morgan fingerprint density at radius 3 is 2.38 bits per heavy atom. The van der Waals surface area contributed by atoms with E-state index in [0.717, 1.165) is 24.3 Å². The first-order chi connectivity index (χ1) is 10.1. The highest BCUT2D eigenvalue weighted by molar-refractivity contribution is 5.94. The molecule has 1 aliphatic heterocycles. The van der Waals surface area contributed by atoms with Gasteiger partial charge in [0.15, 0.2) is 0 Å². The van der Waals surface area contributed by atoms with Crippen molar-refractivity contribution in [3.05, 3.63) is 29.3 Å². The largest absolute Gasteiger partial charge is 0.478 e. The van der Waals surface area contributed by atoms with E-state index in [4.69, 9.17) is 0 Å². The number of hydrogen-bond donors (Lipinski definition) is 1. The maximum Gasteiger partial charge on any atom is 0.337 e. The summed E-state index contributed by atoms with van der Waals surface area (Å²) in [5.41, 5.74) is 3.04. The van der Waals surface area contributed by atoms with Crippen molar-refractivity contribution in [1.82, 2.24) is 0 Å². The Morgan fingerprint density at radius 1 is 1.10 bits per heavy atom. The molecular weight excluding hydrogens is 262 g/mol. The molecule has 0 unspecified atom stereocenters. The van der Waals surface area contributed by atoms with E-state index in [1.165, 1.54) is 44.9 Å². The molecule has 0 radical (unpaired) electrons. The number of benzene rings is 1. The van der Waals surface area contributed by atoms with Gasteiger partial charge in [-0.25, -0.2) is 4.79 Å². The van der Waals surface area contributed by atoms with Gasteiger partial charge in [-0.3, -0.25) is 0 Å². The third-order valence-electron chi connectivity index (χ3n) is 5.46. The predicted molar refractivity (Wildman–Crippen MR) is 85.1 cm³/mol. The quantitative estimate of drug-likeness (QED) is 0.884. The first-order valence-corrected chi connectivity index (χ1v) is 8.19. The predicted octanol–water partition coefficient (Wildman–Crippen LogP) is 4.24. The molecule has 0 amide bonds. The lowest BCUT2D eigenvalue weighted by Gasteiger charge is -2.45. The van der Waals surface area contributed by atoms with Crippen LogP contribution in [0, 0.1) is 12.3 Å². The molecule has 2 fully saturated rings. The number of carboxylic acids is 1. The maximum atomic E-state index is 11.4. The molecule has 2 aliphatic rings. The van der Waals surface area contributed by atoms with Crippen LogP contribution in [0.2, 0.25) is 0 Å². The summed E-state index contributed by atoms with van der Waals surface area (Å²) in [5, 5.41) is 9.40. The minimum absolute atomic E-state index is 0.445. The van der Waals surface area contributed by atoms with E-state index in [9.17, 15) is 9.90 Å².